The summed E-state index contributed by atoms with van der Waals surface area (Å²) in [5.74, 6) is 0.665. The van der Waals surface area contributed by atoms with Crippen LogP contribution in [0.25, 0.3) is 0 Å². The molecule has 0 saturated carbocycles. The number of amides is 1. The van der Waals surface area contributed by atoms with Gasteiger partial charge in [-0.1, -0.05) is 6.92 Å². The van der Waals surface area contributed by atoms with Gasteiger partial charge in [0.15, 0.2) is 0 Å². The SMILES string of the molecule is CCCNc1ccc(C(=O)N(CC)CC(C)(C)O)cn1. The molecule has 1 amide bonds. The third-order valence-electron chi connectivity index (χ3n) is 2.81. The first kappa shape index (κ1) is 16.4. The lowest BCUT2D eigenvalue weighted by molar-refractivity contribution is 0.0314. The Hall–Kier alpha value is -1.62. The summed E-state index contributed by atoms with van der Waals surface area (Å²) in [6, 6.07) is 3.57. The molecule has 0 fully saturated rings. The summed E-state index contributed by atoms with van der Waals surface area (Å²) in [7, 11) is 0. The van der Waals surface area contributed by atoms with Crippen LogP contribution in [-0.4, -0.2) is 46.1 Å². The highest BCUT2D eigenvalue weighted by molar-refractivity contribution is 5.94. The van der Waals surface area contributed by atoms with Crippen molar-refractivity contribution in [3.05, 3.63) is 23.9 Å². The Balaban J connectivity index is 2.75. The Kier molecular flexibility index (Phi) is 5.95. The molecule has 112 valence electrons. The van der Waals surface area contributed by atoms with E-state index in [9.17, 15) is 9.90 Å². The van der Waals surface area contributed by atoms with Crippen molar-refractivity contribution in [3.8, 4) is 0 Å². The maximum Gasteiger partial charge on any atom is 0.255 e. The van der Waals surface area contributed by atoms with Gasteiger partial charge in [-0.15, -0.1) is 0 Å². The van der Waals surface area contributed by atoms with Crippen molar-refractivity contribution in [2.24, 2.45) is 0 Å². The zero-order valence-corrected chi connectivity index (χ0v) is 12.8. The number of aliphatic hydroxyl groups is 1. The highest BCUT2D eigenvalue weighted by Gasteiger charge is 2.22. The first-order valence-electron chi connectivity index (χ1n) is 7.09. The van der Waals surface area contributed by atoms with Crippen LogP contribution in [0.3, 0.4) is 0 Å². The maximum absolute atomic E-state index is 12.3. The lowest BCUT2D eigenvalue weighted by Gasteiger charge is -2.28. The summed E-state index contributed by atoms with van der Waals surface area (Å²) >= 11 is 0. The van der Waals surface area contributed by atoms with Gasteiger partial charge < -0.3 is 15.3 Å². The van der Waals surface area contributed by atoms with E-state index in [1.807, 2.05) is 6.92 Å². The van der Waals surface area contributed by atoms with E-state index in [2.05, 4.69) is 17.2 Å². The molecule has 0 aliphatic carbocycles. The molecule has 0 bridgehead atoms. The molecular formula is C15H25N3O2. The molecule has 0 aromatic carbocycles. The second kappa shape index (κ2) is 7.24. The van der Waals surface area contributed by atoms with Crippen molar-refractivity contribution >= 4 is 11.7 Å². The molecule has 0 aliphatic rings. The number of carbonyl (C=O) groups is 1. The van der Waals surface area contributed by atoms with Crippen LogP contribution >= 0.6 is 0 Å². The first-order valence-corrected chi connectivity index (χ1v) is 7.09. The van der Waals surface area contributed by atoms with Crippen LogP contribution in [0, 0.1) is 0 Å². The van der Waals surface area contributed by atoms with Crippen molar-refractivity contribution in [1.29, 1.82) is 0 Å². The van der Waals surface area contributed by atoms with Gasteiger partial charge in [-0.25, -0.2) is 4.98 Å². The quantitative estimate of drug-likeness (QED) is 0.802. The molecule has 1 rings (SSSR count). The molecule has 0 unspecified atom stereocenters. The van der Waals surface area contributed by atoms with Gasteiger partial charge in [0.25, 0.3) is 5.91 Å². The number of hydrogen-bond donors (Lipinski definition) is 2. The predicted molar refractivity (Wildman–Crippen MR) is 80.9 cm³/mol. The van der Waals surface area contributed by atoms with Gasteiger partial charge in [0, 0.05) is 25.8 Å². The molecule has 5 nitrogen and oxygen atoms in total. The summed E-state index contributed by atoms with van der Waals surface area (Å²) in [6.07, 6.45) is 2.60. The smallest absolute Gasteiger partial charge is 0.255 e. The van der Waals surface area contributed by atoms with E-state index in [-0.39, 0.29) is 5.91 Å². The molecule has 0 atom stereocenters. The number of anilines is 1. The Labute approximate surface area is 121 Å². The molecule has 5 heteroatoms. The highest BCUT2D eigenvalue weighted by atomic mass is 16.3. The topological polar surface area (TPSA) is 65.5 Å². The number of rotatable bonds is 7. The number of aromatic nitrogens is 1. The normalized spacial score (nSPS) is 11.2. The third kappa shape index (κ3) is 5.17. The Morgan fingerprint density at radius 1 is 1.40 bits per heavy atom. The van der Waals surface area contributed by atoms with Crippen LogP contribution in [0.1, 0.15) is 44.5 Å². The maximum atomic E-state index is 12.3. The molecule has 0 aliphatic heterocycles. The van der Waals surface area contributed by atoms with Gasteiger partial charge in [-0.2, -0.15) is 0 Å². The molecule has 20 heavy (non-hydrogen) atoms. The van der Waals surface area contributed by atoms with Crippen molar-refractivity contribution in [3.63, 3.8) is 0 Å². The van der Waals surface area contributed by atoms with E-state index in [4.69, 9.17) is 0 Å². The van der Waals surface area contributed by atoms with Crippen molar-refractivity contribution in [2.75, 3.05) is 25.0 Å². The van der Waals surface area contributed by atoms with Crippen LogP contribution < -0.4 is 5.32 Å². The minimum atomic E-state index is -0.901. The van der Waals surface area contributed by atoms with E-state index in [0.717, 1.165) is 18.8 Å². The standard InChI is InChI=1S/C15H25N3O2/c1-5-9-16-13-8-7-12(10-17-13)14(19)18(6-2)11-15(3,4)20/h7-8,10,20H,5-6,9,11H2,1-4H3,(H,16,17). The fraction of sp³-hybridized carbons (Fsp3) is 0.600. The number of nitrogens with zero attached hydrogens (tertiary/aromatic N) is 2. The average molecular weight is 279 g/mol. The van der Waals surface area contributed by atoms with Gasteiger partial charge in [0.05, 0.1) is 11.2 Å². The zero-order chi connectivity index (χ0) is 15.2. The predicted octanol–water partition coefficient (Wildman–Crippen LogP) is 2.14. The summed E-state index contributed by atoms with van der Waals surface area (Å²) in [4.78, 5) is 18.2. The largest absolute Gasteiger partial charge is 0.389 e. The van der Waals surface area contributed by atoms with Gasteiger partial charge in [0.2, 0.25) is 0 Å². The number of likely N-dealkylation sites (N-methyl/N-ethyl adjacent to an activating group) is 1. The minimum absolute atomic E-state index is 0.107. The number of pyridine rings is 1. The summed E-state index contributed by atoms with van der Waals surface area (Å²) in [6.45, 7) is 9.09. The number of nitrogens with one attached hydrogen (secondary N) is 1. The number of carbonyl (C=O) groups excluding carboxylic acids is 1. The Bertz CT molecular complexity index is 424. The van der Waals surface area contributed by atoms with E-state index in [1.54, 1.807) is 37.1 Å². The van der Waals surface area contributed by atoms with E-state index in [1.165, 1.54) is 0 Å². The molecule has 1 heterocycles. The van der Waals surface area contributed by atoms with Crippen LogP contribution in [0.5, 0.6) is 0 Å². The van der Waals surface area contributed by atoms with Gasteiger partial charge >= 0.3 is 0 Å². The second-order valence-corrected chi connectivity index (χ2v) is 5.49. The molecule has 0 spiro atoms. The van der Waals surface area contributed by atoms with Crippen LogP contribution in [0.15, 0.2) is 18.3 Å². The van der Waals surface area contributed by atoms with Crippen LogP contribution in [-0.2, 0) is 0 Å². The van der Waals surface area contributed by atoms with Crippen LogP contribution in [0.4, 0.5) is 5.82 Å². The average Bonchev–Trinajstić information content (AvgIpc) is 2.41. The molecule has 2 N–H and O–H groups in total. The Morgan fingerprint density at radius 3 is 2.55 bits per heavy atom. The zero-order valence-electron chi connectivity index (χ0n) is 12.8. The van der Waals surface area contributed by atoms with Crippen molar-refractivity contribution in [2.45, 2.75) is 39.7 Å². The molecule has 1 aromatic heterocycles. The molecule has 0 saturated heterocycles. The van der Waals surface area contributed by atoms with Crippen molar-refractivity contribution in [1.82, 2.24) is 9.88 Å². The Morgan fingerprint density at radius 2 is 2.10 bits per heavy atom. The fourth-order valence-corrected chi connectivity index (χ4v) is 1.85. The molecular weight excluding hydrogens is 254 g/mol. The van der Waals surface area contributed by atoms with Gasteiger partial charge in [-0.3, -0.25) is 4.79 Å². The number of hydrogen-bond acceptors (Lipinski definition) is 4. The van der Waals surface area contributed by atoms with Crippen molar-refractivity contribution < 1.29 is 9.90 Å². The lowest BCUT2D eigenvalue weighted by Crippen LogP contribution is -2.42. The van der Waals surface area contributed by atoms with Gasteiger partial charge in [0.1, 0.15) is 5.82 Å². The molecule has 1 aromatic rings. The summed E-state index contributed by atoms with van der Waals surface area (Å²) in [5, 5.41) is 13.0. The van der Waals surface area contributed by atoms with Gasteiger partial charge in [-0.05, 0) is 39.3 Å². The first-order chi connectivity index (χ1) is 9.37. The monoisotopic (exact) mass is 279 g/mol. The second-order valence-electron chi connectivity index (χ2n) is 5.49. The van der Waals surface area contributed by atoms with E-state index in [0.29, 0.717) is 18.7 Å². The van der Waals surface area contributed by atoms with E-state index >= 15 is 0 Å². The van der Waals surface area contributed by atoms with E-state index < -0.39 is 5.60 Å². The highest BCUT2D eigenvalue weighted by Crippen LogP contribution is 2.11. The summed E-state index contributed by atoms with van der Waals surface area (Å²) in [5.41, 5.74) is -0.361. The summed E-state index contributed by atoms with van der Waals surface area (Å²) < 4.78 is 0. The third-order valence-corrected chi connectivity index (χ3v) is 2.81. The molecule has 0 radical (unpaired) electrons. The van der Waals surface area contributed by atoms with Crippen LogP contribution in [0.2, 0.25) is 0 Å². The lowest BCUT2D eigenvalue weighted by atomic mass is 10.1. The fourth-order valence-electron chi connectivity index (χ4n) is 1.85. The minimum Gasteiger partial charge on any atom is -0.389 e.